The second-order valence-electron chi connectivity index (χ2n) is 4.19. The molecule has 1 aromatic rings. The van der Waals surface area contributed by atoms with Crippen molar-refractivity contribution in [1.82, 2.24) is 4.98 Å². The third-order valence-corrected chi connectivity index (χ3v) is 3.02. The van der Waals surface area contributed by atoms with Gasteiger partial charge in [0.15, 0.2) is 0 Å². The molecule has 0 fully saturated rings. The minimum Gasteiger partial charge on any atom is -0.369 e. The quantitative estimate of drug-likeness (QED) is 0.771. The Morgan fingerprint density at radius 1 is 1.38 bits per heavy atom. The second-order valence-corrected chi connectivity index (χ2v) is 4.19. The number of pyridine rings is 1. The smallest absolute Gasteiger partial charge is 0.144 e. The zero-order chi connectivity index (χ0) is 11.4. The van der Waals surface area contributed by atoms with E-state index in [1.54, 1.807) is 0 Å². The highest BCUT2D eigenvalue weighted by Gasteiger charge is 2.13. The highest BCUT2D eigenvalue weighted by Crippen LogP contribution is 2.23. The first kappa shape index (κ1) is 10.9. The van der Waals surface area contributed by atoms with Crippen molar-refractivity contribution in [3.05, 3.63) is 22.9 Å². The number of aromatic nitrogens is 1. The van der Waals surface area contributed by atoms with Gasteiger partial charge in [0.05, 0.1) is 5.56 Å². The molecule has 1 heterocycles. The molecule has 0 saturated carbocycles. The van der Waals surface area contributed by atoms with Gasteiger partial charge in [0.25, 0.3) is 0 Å². The Bertz CT molecular complexity index is 418. The molecular weight excluding hydrogens is 198 g/mol. The van der Waals surface area contributed by atoms with E-state index in [0.717, 1.165) is 25.2 Å². The minimum absolute atomic E-state index is 0.683. The van der Waals surface area contributed by atoms with Crippen LogP contribution < -0.4 is 5.32 Å². The molecule has 1 aromatic heterocycles. The molecule has 1 aliphatic rings. The van der Waals surface area contributed by atoms with E-state index in [-0.39, 0.29) is 0 Å². The first-order valence-corrected chi connectivity index (χ1v) is 6.02. The molecule has 16 heavy (non-hydrogen) atoms. The van der Waals surface area contributed by atoms with Crippen LogP contribution in [0.5, 0.6) is 0 Å². The summed E-state index contributed by atoms with van der Waals surface area (Å²) in [5, 5.41) is 12.3. The number of nitriles is 1. The number of nitrogens with one attached hydrogen (secondary N) is 1. The topological polar surface area (TPSA) is 48.7 Å². The molecule has 0 amide bonds. The average Bonchev–Trinajstić information content (AvgIpc) is 2.53. The molecule has 0 aromatic carbocycles. The normalized spacial score (nSPS) is 14.8. The summed E-state index contributed by atoms with van der Waals surface area (Å²) in [6.07, 6.45) is 5.84. The summed E-state index contributed by atoms with van der Waals surface area (Å²) in [4.78, 5) is 4.60. The van der Waals surface area contributed by atoms with Crippen molar-refractivity contribution in [2.75, 3.05) is 11.9 Å². The van der Waals surface area contributed by atoms with Crippen LogP contribution >= 0.6 is 0 Å². The Balaban J connectivity index is 2.41. The number of hydrogen-bond donors (Lipinski definition) is 1. The second kappa shape index (κ2) is 4.98. The van der Waals surface area contributed by atoms with Gasteiger partial charge in [-0.2, -0.15) is 5.26 Å². The molecular formula is C13H17N3. The Kier molecular flexibility index (Phi) is 3.40. The van der Waals surface area contributed by atoms with E-state index < -0.39 is 0 Å². The third kappa shape index (κ3) is 2.16. The van der Waals surface area contributed by atoms with Gasteiger partial charge in [0.1, 0.15) is 11.9 Å². The van der Waals surface area contributed by atoms with Gasteiger partial charge in [-0.15, -0.1) is 0 Å². The van der Waals surface area contributed by atoms with Crippen LogP contribution in [-0.4, -0.2) is 11.5 Å². The number of aryl methyl sites for hydroxylation is 2. The molecule has 1 N–H and O–H groups in total. The van der Waals surface area contributed by atoms with E-state index in [9.17, 15) is 0 Å². The summed E-state index contributed by atoms with van der Waals surface area (Å²) in [7, 11) is 0. The van der Waals surface area contributed by atoms with Crippen molar-refractivity contribution < 1.29 is 0 Å². The monoisotopic (exact) mass is 215 g/mol. The molecule has 3 heteroatoms. The molecule has 1 aliphatic carbocycles. The summed E-state index contributed by atoms with van der Waals surface area (Å²) in [5.74, 6) is 0.755. The van der Waals surface area contributed by atoms with Crippen molar-refractivity contribution in [1.29, 1.82) is 5.26 Å². The molecule has 0 radical (unpaired) electrons. The van der Waals surface area contributed by atoms with Crippen LogP contribution in [0.4, 0.5) is 5.82 Å². The Morgan fingerprint density at radius 3 is 2.94 bits per heavy atom. The lowest BCUT2D eigenvalue weighted by molar-refractivity contribution is 0.709. The van der Waals surface area contributed by atoms with Crippen LogP contribution in [0.15, 0.2) is 6.07 Å². The first-order valence-electron chi connectivity index (χ1n) is 6.02. The SMILES string of the molecule is CCNc1nc2c(cc1C#N)CCCCC2. The van der Waals surface area contributed by atoms with Gasteiger partial charge in [-0.3, -0.25) is 0 Å². The summed E-state index contributed by atoms with van der Waals surface area (Å²) < 4.78 is 0. The maximum absolute atomic E-state index is 9.09. The zero-order valence-corrected chi connectivity index (χ0v) is 9.71. The van der Waals surface area contributed by atoms with Gasteiger partial charge in [-0.25, -0.2) is 4.98 Å². The maximum atomic E-state index is 9.09. The Morgan fingerprint density at radius 2 is 2.19 bits per heavy atom. The number of nitrogens with zero attached hydrogens (tertiary/aromatic N) is 2. The molecule has 0 atom stereocenters. The lowest BCUT2D eigenvalue weighted by atomic mass is 10.1. The van der Waals surface area contributed by atoms with Gasteiger partial charge in [-0.1, -0.05) is 6.42 Å². The lowest BCUT2D eigenvalue weighted by Crippen LogP contribution is -2.06. The van der Waals surface area contributed by atoms with Gasteiger partial charge < -0.3 is 5.32 Å². The predicted molar refractivity (Wildman–Crippen MR) is 64.4 cm³/mol. The summed E-state index contributed by atoms with van der Waals surface area (Å²) in [6, 6.07) is 4.25. The van der Waals surface area contributed by atoms with Crippen LogP contribution in [0, 0.1) is 11.3 Å². The van der Waals surface area contributed by atoms with Crippen molar-refractivity contribution in [3.8, 4) is 6.07 Å². The molecule has 0 aliphatic heterocycles. The van der Waals surface area contributed by atoms with E-state index in [4.69, 9.17) is 5.26 Å². The van der Waals surface area contributed by atoms with E-state index >= 15 is 0 Å². The number of anilines is 1. The van der Waals surface area contributed by atoms with Crippen LogP contribution in [0.2, 0.25) is 0 Å². The van der Waals surface area contributed by atoms with Gasteiger partial charge in [0, 0.05) is 12.2 Å². The lowest BCUT2D eigenvalue weighted by Gasteiger charge is -2.10. The highest BCUT2D eigenvalue weighted by atomic mass is 15.0. The van der Waals surface area contributed by atoms with Crippen LogP contribution in [0.1, 0.15) is 43.0 Å². The van der Waals surface area contributed by atoms with Gasteiger partial charge in [-0.05, 0) is 44.2 Å². The highest BCUT2D eigenvalue weighted by molar-refractivity contribution is 5.54. The molecule has 2 rings (SSSR count). The van der Waals surface area contributed by atoms with Gasteiger partial charge in [0.2, 0.25) is 0 Å². The number of rotatable bonds is 2. The van der Waals surface area contributed by atoms with Gasteiger partial charge >= 0.3 is 0 Å². The molecule has 0 spiro atoms. The largest absolute Gasteiger partial charge is 0.369 e. The summed E-state index contributed by atoms with van der Waals surface area (Å²) in [5.41, 5.74) is 3.14. The summed E-state index contributed by atoms with van der Waals surface area (Å²) in [6.45, 7) is 2.83. The van der Waals surface area contributed by atoms with Crippen LogP contribution in [-0.2, 0) is 12.8 Å². The van der Waals surface area contributed by atoms with E-state index in [0.29, 0.717) is 5.56 Å². The fraction of sp³-hybridized carbons (Fsp3) is 0.538. The third-order valence-electron chi connectivity index (χ3n) is 3.02. The predicted octanol–water partition coefficient (Wildman–Crippen LogP) is 2.65. The zero-order valence-electron chi connectivity index (χ0n) is 9.71. The van der Waals surface area contributed by atoms with Crippen LogP contribution in [0.25, 0.3) is 0 Å². The molecule has 0 saturated heterocycles. The molecule has 0 bridgehead atoms. The van der Waals surface area contributed by atoms with Crippen molar-refractivity contribution in [2.45, 2.75) is 39.0 Å². The summed E-state index contributed by atoms with van der Waals surface area (Å²) >= 11 is 0. The standard InChI is InChI=1S/C13H17N3/c1-2-15-13-11(9-14)8-10-6-4-3-5-7-12(10)16-13/h8H,2-7H2,1H3,(H,15,16). The fourth-order valence-corrected chi connectivity index (χ4v) is 2.20. The Labute approximate surface area is 96.5 Å². The van der Waals surface area contributed by atoms with E-state index in [1.807, 2.05) is 13.0 Å². The number of hydrogen-bond acceptors (Lipinski definition) is 3. The molecule has 84 valence electrons. The van der Waals surface area contributed by atoms with Crippen LogP contribution in [0.3, 0.4) is 0 Å². The Hall–Kier alpha value is -1.56. The van der Waals surface area contributed by atoms with Crippen molar-refractivity contribution in [2.24, 2.45) is 0 Å². The van der Waals surface area contributed by atoms with E-state index in [1.165, 1.54) is 30.5 Å². The minimum atomic E-state index is 0.683. The fourth-order valence-electron chi connectivity index (χ4n) is 2.20. The number of fused-ring (bicyclic) bond motifs is 1. The maximum Gasteiger partial charge on any atom is 0.144 e. The van der Waals surface area contributed by atoms with E-state index in [2.05, 4.69) is 16.4 Å². The van der Waals surface area contributed by atoms with Crippen molar-refractivity contribution >= 4 is 5.82 Å². The molecule has 0 unspecified atom stereocenters. The average molecular weight is 215 g/mol. The molecule has 3 nitrogen and oxygen atoms in total. The first-order chi connectivity index (χ1) is 7.85. The van der Waals surface area contributed by atoms with Crippen molar-refractivity contribution in [3.63, 3.8) is 0 Å².